The predicted molar refractivity (Wildman–Crippen MR) is 358 cm³/mol. The highest BCUT2D eigenvalue weighted by Gasteiger charge is 2.20. The molecule has 0 aromatic heterocycles. The maximum atomic E-state index is 13.0. The third-order valence-corrected chi connectivity index (χ3v) is 17.5. The zero-order chi connectivity index (χ0) is 59.2. The van der Waals surface area contributed by atoms with E-state index in [1.807, 2.05) is 0 Å². The largest absolute Gasteiger partial charge is 0.462 e. The molecule has 1 unspecified atom stereocenters. The molecule has 82 heavy (non-hydrogen) atoms. The highest BCUT2D eigenvalue weighted by molar-refractivity contribution is 5.71. The number of carbonyl (C=O) groups is 3. The number of ether oxygens (including phenoxy) is 3. The Labute approximate surface area is 513 Å². The van der Waals surface area contributed by atoms with Crippen LogP contribution in [0.2, 0.25) is 0 Å². The molecular weight excluding hydrogens is 1010 g/mol. The van der Waals surface area contributed by atoms with Crippen molar-refractivity contribution in [2.75, 3.05) is 13.2 Å². The molecule has 0 radical (unpaired) electrons. The molecule has 486 valence electrons. The molecule has 6 nitrogen and oxygen atoms in total. The number of carbonyl (C=O) groups excluding carboxylic acids is 3. The Morgan fingerprint density at radius 3 is 0.610 bits per heavy atom. The van der Waals surface area contributed by atoms with Crippen LogP contribution in [0.25, 0.3) is 0 Å². The second-order valence-electron chi connectivity index (χ2n) is 25.9. The molecule has 0 aliphatic rings. The molecule has 0 saturated heterocycles. The fourth-order valence-electron chi connectivity index (χ4n) is 11.9. The summed E-state index contributed by atoms with van der Waals surface area (Å²) in [7, 11) is 0. The van der Waals surface area contributed by atoms with E-state index in [0.29, 0.717) is 19.3 Å². The number of rotatable bonds is 71. The van der Waals surface area contributed by atoms with Crippen molar-refractivity contribution in [3.8, 4) is 0 Å². The first-order valence-electron chi connectivity index (χ1n) is 37.7. The summed E-state index contributed by atoms with van der Waals surface area (Å²) in [6.45, 7) is 6.73. The molecule has 0 heterocycles. The Kier molecular flexibility index (Phi) is 70.0. The van der Waals surface area contributed by atoms with E-state index in [0.717, 1.165) is 64.2 Å². The van der Waals surface area contributed by atoms with Gasteiger partial charge in [0.15, 0.2) is 6.10 Å². The maximum absolute atomic E-state index is 13.0. The van der Waals surface area contributed by atoms with Crippen LogP contribution in [0.4, 0.5) is 0 Å². The van der Waals surface area contributed by atoms with E-state index in [1.165, 1.54) is 334 Å². The monoisotopic (exact) mass is 1160 g/mol. The van der Waals surface area contributed by atoms with Gasteiger partial charge in [0.25, 0.3) is 0 Å². The third kappa shape index (κ3) is 68.9. The van der Waals surface area contributed by atoms with Crippen molar-refractivity contribution in [3.05, 3.63) is 12.2 Å². The molecule has 0 fully saturated rings. The number of hydrogen-bond donors (Lipinski definition) is 0. The topological polar surface area (TPSA) is 78.9 Å². The fraction of sp³-hybridized carbons (Fsp3) is 0.934. The molecule has 0 aromatic rings. The van der Waals surface area contributed by atoms with Crippen molar-refractivity contribution >= 4 is 17.9 Å². The molecule has 0 amide bonds. The minimum atomic E-state index is -0.770. The van der Waals surface area contributed by atoms with Gasteiger partial charge in [-0.3, -0.25) is 14.4 Å². The molecule has 0 N–H and O–H groups in total. The normalized spacial score (nSPS) is 12.0. The van der Waals surface area contributed by atoms with Crippen molar-refractivity contribution in [1.82, 2.24) is 0 Å². The molecule has 0 bridgehead atoms. The number of unbranched alkanes of at least 4 members (excludes halogenated alkanes) is 58. The van der Waals surface area contributed by atoms with Crippen LogP contribution >= 0.6 is 0 Å². The first kappa shape index (κ1) is 80.2. The van der Waals surface area contributed by atoms with E-state index in [4.69, 9.17) is 14.2 Å². The van der Waals surface area contributed by atoms with Gasteiger partial charge in [0, 0.05) is 19.3 Å². The molecule has 0 aliphatic heterocycles. The molecular formula is C76H146O6. The summed E-state index contributed by atoms with van der Waals surface area (Å²) >= 11 is 0. The number of hydrogen-bond acceptors (Lipinski definition) is 6. The second kappa shape index (κ2) is 71.6. The molecule has 1 atom stereocenters. The SMILES string of the molecule is CCCCCCCC/C=C\CCCCCCCC(=O)OCC(COC(=O)CCCCCCCCCCCCCCCCCCCCCCCCCCCC)OC(=O)CCCCCCCCCCCCCCCCCCCCCCCCC. The van der Waals surface area contributed by atoms with Crippen LogP contribution in [0.15, 0.2) is 12.2 Å². The zero-order valence-corrected chi connectivity index (χ0v) is 56.1. The van der Waals surface area contributed by atoms with E-state index in [1.54, 1.807) is 0 Å². The van der Waals surface area contributed by atoms with E-state index in [-0.39, 0.29) is 31.1 Å². The van der Waals surface area contributed by atoms with E-state index in [2.05, 4.69) is 32.9 Å². The third-order valence-electron chi connectivity index (χ3n) is 17.5. The molecule has 6 heteroatoms. The van der Waals surface area contributed by atoms with Gasteiger partial charge in [-0.2, -0.15) is 0 Å². The summed E-state index contributed by atoms with van der Waals surface area (Å²) in [5.74, 6) is -0.835. The number of esters is 3. The lowest BCUT2D eigenvalue weighted by Crippen LogP contribution is -2.30. The van der Waals surface area contributed by atoms with Crippen LogP contribution in [-0.2, 0) is 28.6 Å². The van der Waals surface area contributed by atoms with E-state index in [9.17, 15) is 14.4 Å². The zero-order valence-electron chi connectivity index (χ0n) is 56.1. The van der Waals surface area contributed by atoms with Crippen LogP contribution in [0.5, 0.6) is 0 Å². The van der Waals surface area contributed by atoms with Crippen LogP contribution in [0.1, 0.15) is 438 Å². The van der Waals surface area contributed by atoms with Crippen molar-refractivity contribution in [3.63, 3.8) is 0 Å². The fourth-order valence-corrected chi connectivity index (χ4v) is 11.9. The van der Waals surface area contributed by atoms with E-state index < -0.39 is 6.10 Å². The highest BCUT2D eigenvalue weighted by atomic mass is 16.6. The highest BCUT2D eigenvalue weighted by Crippen LogP contribution is 2.20. The average molecular weight is 1160 g/mol. The van der Waals surface area contributed by atoms with Crippen LogP contribution in [0, 0.1) is 0 Å². The summed E-state index contributed by atoms with van der Waals surface area (Å²) in [5.41, 5.74) is 0. The van der Waals surface area contributed by atoms with Crippen molar-refractivity contribution in [2.24, 2.45) is 0 Å². The van der Waals surface area contributed by atoms with Crippen LogP contribution in [-0.4, -0.2) is 37.2 Å². The lowest BCUT2D eigenvalue weighted by molar-refractivity contribution is -0.167. The van der Waals surface area contributed by atoms with Gasteiger partial charge < -0.3 is 14.2 Å². The molecule has 0 saturated carbocycles. The Morgan fingerprint density at radius 1 is 0.232 bits per heavy atom. The number of allylic oxidation sites excluding steroid dienone is 2. The molecule has 0 aromatic carbocycles. The quantitative estimate of drug-likeness (QED) is 0.0261. The van der Waals surface area contributed by atoms with Crippen molar-refractivity contribution in [1.29, 1.82) is 0 Å². The summed E-state index contributed by atoms with van der Waals surface area (Å²) in [6, 6.07) is 0. The summed E-state index contributed by atoms with van der Waals surface area (Å²) in [4.78, 5) is 38.5. The van der Waals surface area contributed by atoms with Crippen molar-refractivity contribution in [2.45, 2.75) is 444 Å². The van der Waals surface area contributed by atoms with Gasteiger partial charge in [0.05, 0.1) is 0 Å². The van der Waals surface area contributed by atoms with Gasteiger partial charge in [0.2, 0.25) is 0 Å². The Balaban J connectivity index is 4.21. The minimum Gasteiger partial charge on any atom is -0.462 e. The van der Waals surface area contributed by atoms with Gasteiger partial charge in [0.1, 0.15) is 13.2 Å². The summed E-state index contributed by atoms with van der Waals surface area (Å²) < 4.78 is 17.0. The lowest BCUT2D eigenvalue weighted by Gasteiger charge is -2.18. The van der Waals surface area contributed by atoms with Gasteiger partial charge >= 0.3 is 17.9 Å². The Morgan fingerprint density at radius 2 is 0.402 bits per heavy atom. The molecule has 0 spiro atoms. The first-order chi connectivity index (χ1) is 40.5. The van der Waals surface area contributed by atoms with Gasteiger partial charge in [-0.05, 0) is 44.9 Å². The standard InChI is InChI=1S/C76H146O6/c1-4-7-10-13-16-19-22-25-28-30-32-34-36-37-38-40-41-43-45-48-51-54-57-60-63-66-69-75(78)81-72-73(71-80-74(77)68-65-62-59-56-53-50-47-27-24-21-18-15-12-9-6-3)82-76(79)70-67-64-61-58-55-52-49-46-44-42-39-35-33-31-29-26-23-20-17-14-11-8-5-2/h27,47,73H,4-26,28-46,48-72H2,1-3H3/b47-27-. The second-order valence-corrected chi connectivity index (χ2v) is 25.9. The minimum absolute atomic E-state index is 0.0653. The predicted octanol–water partition coefficient (Wildman–Crippen LogP) is 26.0. The van der Waals surface area contributed by atoms with Crippen molar-refractivity contribution < 1.29 is 28.6 Å². The van der Waals surface area contributed by atoms with E-state index >= 15 is 0 Å². The molecule has 0 rings (SSSR count). The summed E-state index contributed by atoms with van der Waals surface area (Å²) in [5, 5.41) is 0. The lowest BCUT2D eigenvalue weighted by atomic mass is 10.0. The van der Waals surface area contributed by atoms with Gasteiger partial charge in [-0.1, -0.05) is 386 Å². The maximum Gasteiger partial charge on any atom is 0.306 e. The van der Waals surface area contributed by atoms with Gasteiger partial charge in [-0.15, -0.1) is 0 Å². The summed E-state index contributed by atoms with van der Waals surface area (Å²) in [6.07, 6.45) is 86.9. The molecule has 0 aliphatic carbocycles. The Hall–Kier alpha value is -1.85. The van der Waals surface area contributed by atoms with Crippen LogP contribution in [0.3, 0.4) is 0 Å². The smallest absolute Gasteiger partial charge is 0.306 e. The first-order valence-corrected chi connectivity index (χ1v) is 37.7. The van der Waals surface area contributed by atoms with Crippen LogP contribution < -0.4 is 0 Å². The Bertz CT molecular complexity index is 1280. The van der Waals surface area contributed by atoms with Gasteiger partial charge in [-0.25, -0.2) is 0 Å². The average Bonchev–Trinajstić information content (AvgIpc) is 3.47.